The van der Waals surface area contributed by atoms with Gasteiger partial charge in [0.2, 0.25) is 0 Å². The summed E-state index contributed by atoms with van der Waals surface area (Å²) in [7, 11) is 0. The third kappa shape index (κ3) is 4.45. The van der Waals surface area contributed by atoms with Crippen molar-refractivity contribution in [2.75, 3.05) is 5.75 Å². The van der Waals surface area contributed by atoms with Crippen LogP contribution in [0, 0.1) is 0 Å². The van der Waals surface area contributed by atoms with E-state index in [1.54, 1.807) is 12.1 Å². The van der Waals surface area contributed by atoms with E-state index in [1.165, 1.54) is 11.8 Å². The van der Waals surface area contributed by atoms with Gasteiger partial charge < -0.3 is 0 Å². The monoisotopic (exact) mass is 262 g/mol. The van der Waals surface area contributed by atoms with Gasteiger partial charge in [0, 0.05) is 16.3 Å². The van der Waals surface area contributed by atoms with E-state index >= 15 is 0 Å². The molecular formula is C11H12Cl2OS. The summed E-state index contributed by atoms with van der Waals surface area (Å²) in [6.45, 7) is 2.00. The van der Waals surface area contributed by atoms with Gasteiger partial charge in [-0.25, -0.2) is 0 Å². The van der Waals surface area contributed by atoms with Gasteiger partial charge in [0.15, 0.2) is 0 Å². The zero-order chi connectivity index (χ0) is 11.3. The molecule has 0 radical (unpaired) electrons. The van der Waals surface area contributed by atoms with Crippen LogP contribution in [0.4, 0.5) is 0 Å². The third-order valence-corrected chi connectivity index (χ3v) is 3.60. The molecule has 0 unspecified atom stereocenters. The minimum Gasteiger partial charge on any atom is -0.299 e. The zero-order valence-corrected chi connectivity index (χ0v) is 10.8. The van der Waals surface area contributed by atoms with Crippen LogP contribution in [-0.4, -0.2) is 11.5 Å². The van der Waals surface area contributed by atoms with E-state index in [4.69, 9.17) is 23.2 Å². The van der Waals surface area contributed by atoms with Crippen LogP contribution < -0.4 is 0 Å². The zero-order valence-electron chi connectivity index (χ0n) is 8.43. The van der Waals surface area contributed by atoms with Gasteiger partial charge in [0.05, 0.1) is 10.8 Å². The predicted octanol–water partition coefficient (Wildman–Crippen LogP) is 4.45. The molecule has 4 heteroatoms. The first-order valence-electron chi connectivity index (χ1n) is 4.73. The molecule has 1 rings (SSSR count). The van der Waals surface area contributed by atoms with Crippen molar-refractivity contribution in [1.29, 1.82) is 0 Å². The molecule has 0 heterocycles. The van der Waals surface area contributed by atoms with E-state index in [2.05, 4.69) is 0 Å². The van der Waals surface area contributed by atoms with Crippen molar-refractivity contribution < 1.29 is 4.79 Å². The van der Waals surface area contributed by atoms with Crippen molar-refractivity contribution in [2.45, 2.75) is 24.7 Å². The van der Waals surface area contributed by atoms with Gasteiger partial charge in [0.25, 0.3) is 0 Å². The predicted molar refractivity (Wildman–Crippen MR) is 67.1 cm³/mol. The number of Topliss-reactive ketones (excluding diaryl/α,β-unsaturated/α-hetero) is 1. The van der Waals surface area contributed by atoms with Crippen LogP contribution in [0.15, 0.2) is 23.1 Å². The molecule has 1 nitrogen and oxygen atoms in total. The van der Waals surface area contributed by atoms with Crippen LogP contribution in [0.3, 0.4) is 0 Å². The average molecular weight is 263 g/mol. The normalized spacial score (nSPS) is 10.3. The first kappa shape index (κ1) is 12.9. The van der Waals surface area contributed by atoms with Gasteiger partial charge >= 0.3 is 0 Å². The fourth-order valence-electron chi connectivity index (χ4n) is 1.10. The lowest BCUT2D eigenvalue weighted by atomic mass is 10.3. The Morgan fingerprint density at radius 2 is 2.13 bits per heavy atom. The second-order valence-corrected chi connectivity index (χ2v) is 5.01. The summed E-state index contributed by atoms with van der Waals surface area (Å²) in [6, 6.07) is 5.31. The van der Waals surface area contributed by atoms with Crippen LogP contribution in [0.5, 0.6) is 0 Å². The number of rotatable bonds is 5. The van der Waals surface area contributed by atoms with Crippen molar-refractivity contribution in [1.82, 2.24) is 0 Å². The van der Waals surface area contributed by atoms with Gasteiger partial charge in [-0.1, -0.05) is 30.1 Å². The molecule has 0 amide bonds. The minimum absolute atomic E-state index is 0.258. The van der Waals surface area contributed by atoms with Crippen LogP contribution in [0.25, 0.3) is 0 Å². The molecule has 0 fully saturated rings. The van der Waals surface area contributed by atoms with Crippen LogP contribution in [0.2, 0.25) is 10.0 Å². The lowest BCUT2D eigenvalue weighted by Crippen LogP contribution is -1.99. The van der Waals surface area contributed by atoms with Crippen molar-refractivity contribution in [3.05, 3.63) is 28.2 Å². The van der Waals surface area contributed by atoms with E-state index in [1.807, 2.05) is 13.0 Å². The number of thioether (sulfide) groups is 1. The van der Waals surface area contributed by atoms with Crippen LogP contribution >= 0.6 is 35.0 Å². The number of hydrogen-bond acceptors (Lipinski definition) is 2. The van der Waals surface area contributed by atoms with Crippen molar-refractivity contribution in [3.63, 3.8) is 0 Å². The van der Waals surface area contributed by atoms with E-state index in [9.17, 15) is 4.79 Å². The molecule has 0 aromatic heterocycles. The molecule has 0 aliphatic rings. The highest BCUT2D eigenvalue weighted by atomic mass is 35.5. The summed E-state index contributed by atoms with van der Waals surface area (Å²) in [4.78, 5) is 12.2. The van der Waals surface area contributed by atoms with Crippen molar-refractivity contribution in [2.24, 2.45) is 0 Å². The lowest BCUT2D eigenvalue weighted by molar-refractivity contribution is -0.116. The summed E-state index contributed by atoms with van der Waals surface area (Å²) in [5, 5.41) is 1.22. The molecule has 0 saturated heterocycles. The van der Waals surface area contributed by atoms with E-state index in [0.29, 0.717) is 22.2 Å². The molecule has 0 N–H and O–H groups in total. The summed E-state index contributed by atoms with van der Waals surface area (Å²) < 4.78 is 0. The number of hydrogen-bond donors (Lipinski definition) is 0. The molecule has 0 aliphatic carbocycles. The average Bonchev–Trinajstić information content (AvgIpc) is 2.17. The van der Waals surface area contributed by atoms with E-state index in [-0.39, 0.29) is 5.78 Å². The largest absolute Gasteiger partial charge is 0.299 e. The Balaban J connectivity index is 2.54. The molecule has 0 spiro atoms. The Bertz CT molecular complexity index is 352. The second-order valence-electron chi connectivity index (χ2n) is 3.15. The Kier molecular flexibility index (Phi) is 5.51. The van der Waals surface area contributed by atoms with Crippen molar-refractivity contribution >= 4 is 40.7 Å². The highest BCUT2D eigenvalue weighted by molar-refractivity contribution is 8.00. The first-order chi connectivity index (χ1) is 7.13. The topological polar surface area (TPSA) is 17.1 Å². The fraction of sp³-hybridized carbons (Fsp3) is 0.364. The van der Waals surface area contributed by atoms with E-state index in [0.717, 1.165) is 11.3 Å². The smallest absolute Gasteiger partial charge is 0.143 e. The Hall–Kier alpha value is -0.180. The Morgan fingerprint density at radius 3 is 2.73 bits per heavy atom. The fourth-order valence-corrected chi connectivity index (χ4v) is 2.50. The number of carbonyl (C=O) groups excluding carboxylic acids is 1. The molecule has 0 bridgehead atoms. The van der Waals surface area contributed by atoms with Crippen LogP contribution in [0.1, 0.15) is 19.8 Å². The number of ketones is 1. The molecule has 0 aliphatic heterocycles. The van der Waals surface area contributed by atoms with Gasteiger partial charge in [-0.15, -0.1) is 11.8 Å². The molecule has 0 atom stereocenters. The molecule has 1 aromatic rings. The summed E-state index contributed by atoms with van der Waals surface area (Å²) in [5.41, 5.74) is 0. The van der Waals surface area contributed by atoms with Gasteiger partial charge in [-0.2, -0.15) is 0 Å². The maximum Gasteiger partial charge on any atom is 0.143 e. The standard InChI is InChI=1S/C11H12Cl2OS/c1-2-3-9(14)7-15-11-5-4-8(12)6-10(11)13/h4-6H,2-3,7H2,1H3. The third-order valence-electron chi connectivity index (χ3n) is 1.81. The SMILES string of the molecule is CCCC(=O)CSc1ccc(Cl)cc1Cl. The molecule has 82 valence electrons. The van der Waals surface area contributed by atoms with Gasteiger partial charge in [-0.3, -0.25) is 4.79 Å². The maximum absolute atomic E-state index is 11.3. The minimum atomic E-state index is 0.258. The molecule has 15 heavy (non-hydrogen) atoms. The molecule has 1 aromatic carbocycles. The second kappa shape index (κ2) is 6.41. The molecular weight excluding hydrogens is 251 g/mol. The summed E-state index contributed by atoms with van der Waals surface area (Å²) in [6.07, 6.45) is 1.53. The van der Waals surface area contributed by atoms with Gasteiger partial charge in [-0.05, 0) is 24.6 Å². The summed E-state index contributed by atoms with van der Waals surface area (Å²) >= 11 is 13.2. The van der Waals surface area contributed by atoms with Crippen molar-refractivity contribution in [3.8, 4) is 0 Å². The highest BCUT2D eigenvalue weighted by Gasteiger charge is 2.05. The highest BCUT2D eigenvalue weighted by Crippen LogP contribution is 2.29. The Labute approximate surface area is 104 Å². The lowest BCUT2D eigenvalue weighted by Gasteiger charge is -2.03. The number of halogens is 2. The number of carbonyl (C=O) groups is 1. The van der Waals surface area contributed by atoms with Gasteiger partial charge in [0.1, 0.15) is 5.78 Å². The van der Waals surface area contributed by atoms with E-state index < -0.39 is 0 Å². The quantitative estimate of drug-likeness (QED) is 0.730. The maximum atomic E-state index is 11.3. The molecule has 0 saturated carbocycles. The first-order valence-corrected chi connectivity index (χ1v) is 6.47. The number of benzene rings is 1. The van der Waals surface area contributed by atoms with Crippen LogP contribution in [-0.2, 0) is 4.79 Å². The Morgan fingerprint density at radius 1 is 1.40 bits per heavy atom. The summed E-state index contributed by atoms with van der Waals surface area (Å²) in [5.74, 6) is 0.739.